The first-order valence-electron chi connectivity index (χ1n) is 7.55. The van der Waals surface area contributed by atoms with Crippen LogP contribution in [0, 0.1) is 0 Å². The Bertz CT molecular complexity index is 728. The van der Waals surface area contributed by atoms with Gasteiger partial charge in [-0.3, -0.25) is 0 Å². The van der Waals surface area contributed by atoms with Crippen LogP contribution in [-0.2, 0) is 0 Å². The molecule has 0 atom stereocenters. The number of hydrogen-bond donors (Lipinski definition) is 0. The monoisotopic (exact) mass is 306 g/mol. The van der Waals surface area contributed by atoms with E-state index in [-0.39, 0.29) is 0 Å². The van der Waals surface area contributed by atoms with E-state index in [0.29, 0.717) is 0 Å². The maximum absolute atomic E-state index is 5.79. The van der Waals surface area contributed by atoms with Gasteiger partial charge in [-0.2, -0.15) is 0 Å². The molecule has 1 heteroatoms. The fourth-order valence-electron chi connectivity index (χ4n) is 3.04. The van der Waals surface area contributed by atoms with Gasteiger partial charge in [-0.15, -0.1) is 0 Å². The summed E-state index contributed by atoms with van der Waals surface area (Å²) in [6.07, 6.45) is 24.5. The zero-order valence-electron chi connectivity index (χ0n) is 12.6. The molecule has 0 spiro atoms. The Hall–Kier alpha value is -2.05. The average Bonchev–Trinajstić information content (AvgIpc) is 2.69. The highest BCUT2D eigenvalue weighted by Crippen LogP contribution is 2.31. The van der Waals surface area contributed by atoms with Gasteiger partial charge < -0.3 is 0 Å². The van der Waals surface area contributed by atoms with Crippen LogP contribution in [0.25, 0.3) is 0 Å². The van der Waals surface area contributed by atoms with Crippen molar-refractivity contribution in [3.63, 3.8) is 0 Å². The first-order chi connectivity index (χ1) is 10.8. The van der Waals surface area contributed by atoms with Crippen molar-refractivity contribution in [1.82, 2.24) is 0 Å². The molecule has 0 aromatic rings. The van der Waals surface area contributed by atoms with E-state index >= 15 is 0 Å². The van der Waals surface area contributed by atoms with Gasteiger partial charge in [0.05, 0.1) is 0 Å². The molecule has 0 N–H and O–H groups in total. The Kier molecular flexibility index (Phi) is 4.60. The first kappa shape index (κ1) is 14.9. The van der Waals surface area contributed by atoms with Gasteiger partial charge in [0, 0.05) is 5.54 Å². The summed E-state index contributed by atoms with van der Waals surface area (Å²) >= 11 is 5.79. The molecule has 3 rings (SSSR count). The number of halogens is 1. The van der Waals surface area contributed by atoms with E-state index in [0.717, 1.165) is 19.3 Å². The van der Waals surface area contributed by atoms with Crippen LogP contribution in [0.1, 0.15) is 19.3 Å². The highest BCUT2D eigenvalue weighted by atomic mass is 35.5. The summed E-state index contributed by atoms with van der Waals surface area (Å²) < 4.78 is 0. The summed E-state index contributed by atoms with van der Waals surface area (Å²) in [5.41, 5.74) is 9.41. The minimum Gasteiger partial charge on any atom is -0.0988 e. The van der Waals surface area contributed by atoms with Gasteiger partial charge in [-0.1, -0.05) is 72.9 Å². The summed E-state index contributed by atoms with van der Waals surface area (Å²) in [6.45, 7) is 3.95. The van der Waals surface area contributed by atoms with Gasteiger partial charge >= 0.3 is 0 Å². The van der Waals surface area contributed by atoms with Crippen molar-refractivity contribution in [3.05, 3.63) is 106 Å². The maximum atomic E-state index is 5.79. The molecule has 0 aromatic heterocycles. The van der Waals surface area contributed by atoms with E-state index in [9.17, 15) is 0 Å². The SMILES string of the molecule is C=C/C1=C/C2=C/C3=CC=CC=C(/C=C(/C=C(/C=C/Cl)C1)C2)C3. The predicted octanol–water partition coefficient (Wildman–Crippen LogP) is 6.25. The summed E-state index contributed by atoms with van der Waals surface area (Å²) in [5.74, 6) is 0. The van der Waals surface area contributed by atoms with Crippen LogP contribution in [0.4, 0.5) is 0 Å². The van der Waals surface area contributed by atoms with Crippen LogP contribution >= 0.6 is 11.6 Å². The lowest BCUT2D eigenvalue weighted by Crippen LogP contribution is -1.98. The highest BCUT2D eigenvalue weighted by molar-refractivity contribution is 6.25. The van der Waals surface area contributed by atoms with Gasteiger partial charge in [0.2, 0.25) is 0 Å². The highest BCUT2D eigenvalue weighted by Gasteiger charge is 2.12. The lowest BCUT2D eigenvalue weighted by atomic mass is 9.88. The van der Waals surface area contributed by atoms with Crippen molar-refractivity contribution in [1.29, 1.82) is 0 Å². The van der Waals surface area contributed by atoms with E-state index in [4.69, 9.17) is 11.6 Å². The summed E-state index contributed by atoms with van der Waals surface area (Å²) in [7, 11) is 0. The molecule has 0 aliphatic heterocycles. The molecule has 0 heterocycles. The standard InChI is InChI=1S/C21H19Cl/c1-2-16-9-19(7-8-22)14-21-13-18-6-4-3-5-17(11-18)12-20(10-16)15-21/h2-8,10,12-14H,1,9,11,15H2/b8-7+,16-10-,19-14-,20-12-,21-13-. The third kappa shape index (κ3) is 3.58. The second-order valence-electron chi connectivity index (χ2n) is 5.77. The molecule has 0 fully saturated rings. The van der Waals surface area contributed by atoms with E-state index in [2.05, 4.69) is 55.2 Å². The van der Waals surface area contributed by atoms with Crippen molar-refractivity contribution in [2.75, 3.05) is 0 Å². The predicted molar refractivity (Wildman–Crippen MR) is 96.7 cm³/mol. The Morgan fingerprint density at radius 1 is 0.773 bits per heavy atom. The molecule has 4 bridgehead atoms. The molecule has 3 aliphatic rings. The van der Waals surface area contributed by atoms with Crippen LogP contribution in [0.3, 0.4) is 0 Å². The number of rotatable bonds is 2. The molecule has 0 aromatic carbocycles. The van der Waals surface area contributed by atoms with Gasteiger partial charge in [0.1, 0.15) is 0 Å². The third-order valence-electron chi connectivity index (χ3n) is 3.98. The van der Waals surface area contributed by atoms with Gasteiger partial charge in [0.15, 0.2) is 0 Å². The molecule has 0 amide bonds. The van der Waals surface area contributed by atoms with Crippen molar-refractivity contribution in [3.8, 4) is 0 Å². The van der Waals surface area contributed by atoms with Crippen LogP contribution < -0.4 is 0 Å². The molecule has 110 valence electrons. The summed E-state index contributed by atoms with van der Waals surface area (Å²) in [4.78, 5) is 0. The van der Waals surface area contributed by atoms with E-state index in [1.165, 1.54) is 33.4 Å². The lowest BCUT2D eigenvalue weighted by molar-refractivity contribution is 1.07. The van der Waals surface area contributed by atoms with Gasteiger partial charge in [0.25, 0.3) is 0 Å². The molecule has 0 unspecified atom stereocenters. The number of hydrogen-bond acceptors (Lipinski definition) is 0. The van der Waals surface area contributed by atoms with Crippen LogP contribution in [0.2, 0.25) is 0 Å². The topological polar surface area (TPSA) is 0 Å². The Labute approximate surface area is 137 Å². The van der Waals surface area contributed by atoms with Gasteiger partial charge in [-0.25, -0.2) is 0 Å². The van der Waals surface area contributed by atoms with Crippen LogP contribution in [-0.4, -0.2) is 0 Å². The van der Waals surface area contributed by atoms with E-state index in [1.807, 2.05) is 12.2 Å². The van der Waals surface area contributed by atoms with Gasteiger partial charge in [-0.05, 0) is 58.8 Å². The fraction of sp³-hybridized carbons (Fsp3) is 0.143. The molecule has 0 saturated heterocycles. The van der Waals surface area contributed by atoms with Crippen LogP contribution in [0.5, 0.6) is 0 Å². The molecule has 0 saturated carbocycles. The molecular formula is C21H19Cl. The Morgan fingerprint density at radius 2 is 1.36 bits per heavy atom. The number of fused-ring (bicyclic) bond motifs is 4. The molecule has 0 nitrogen and oxygen atoms in total. The first-order valence-corrected chi connectivity index (χ1v) is 7.98. The van der Waals surface area contributed by atoms with E-state index < -0.39 is 0 Å². The fourth-order valence-corrected chi connectivity index (χ4v) is 3.20. The minimum atomic E-state index is 0.859. The summed E-state index contributed by atoms with van der Waals surface area (Å²) in [6, 6.07) is 0. The van der Waals surface area contributed by atoms with Crippen molar-refractivity contribution in [2.45, 2.75) is 19.3 Å². The smallest absolute Gasteiger partial charge is 0.00453 e. The number of allylic oxidation sites excluding steroid dienone is 16. The van der Waals surface area contributed by atoms with Crippen molar-refractivity contribution in [2.24, 2.45) is 0 Å². The minimum absolute atomic E-state index is 0.859. The second kappa shape index (κ2) is 6.81. The Morgan fingerprint density at radius 3 is 1.95 bits per heavy atom. The normalized spacial score (nSPS) is 30.4. The quantitative estimate of drug-likeness (QED) is 0.565. The van der Waals surface area contributed by atoms with E-state index in [1.54, 1.807) is 5.54 Å². The second-order valence-corrected chi connectivity index (χ2v) is 6.02. The molecular weight excluding hydrogens is 288 g/mol. The molecule has 22 heavy (non-hydrogen) atoms. The Balaban J connectivity index is 2.13. The molecule has 3 aliphatic carbocycles. The largest absolute Gasteiger partial charge is 0.0988 e. The zero-order chi connectivity index (χ0) is 15.4. The zero-order valence-corrected chi connectivity index (χ0v) is 13.3. The third-order valence-corrected chi connectivity index (χ3v) is 4.10. The van der Waals surface area contributed by atoms with Crippen molar-refractivity contribution >= 4 is 11.6 Å². The van der Waals surface area contributed by atoms with Crippen molar-refractivity contribution < 1.29 is 0 Å². The average molecular weight is 307 g/mol. The lowest BCUT2D eigenvalue weighted by Gasteiger charge is -2.17. The van der Waals surface area contributed by atoms with Crippen LogP contribution in [0.15, 0.2) is 106 Å². The molecule has 0 radical (unpaired) electrons. The maximum Gasteiger partial charge on any atom is 0.00453 e. The summed E-state index contributed by atoms with van der Waals surface area (Å²) in [5, 5.41) is 0.